The number of aliphatic hydroxyl groups is 1. The van der Waals surface area contributed by atoms with Gasteiger partial charge >= 0.3 is 0 Å². The topological polar surface area (TPSA) is 61.9 Å². The number of benzene rings is 2. The molecular formula is C17H14ClF2NO3. The Morgan fingerprint density at radius 3 is 2.58 bits per heavy atom. The summed E-state index contributed by atoms with van der Waals surface area (Å²) in [6.45, 7) is 1.45. The zero-order valence-electron chi connectivity index (χ0n) is 12.6. The fourth-order valence-corrected chi connectivity index (χ4v) is 2.94. The number of anilines is 1. The third-order valence-electron chi connectivity index (χ3n) is 3.90. The van der Waals surface area contributed by atoms with Crippen molar-refractivity contribution >= 4 is 23.2 Å². The molecule has 0 spiro atoms. The number of carbonyl (C=O) groups excluding carboxylic acids is 1. The summed E-state index contributed by atoms with van der Waals surface area (Å²) in [6.07, 6.45) is -1.24. The minimum absolute atomic E-state index is 0.0680. The third kappa shape index (κ3) is 3.00. The van der Waals surface area contributed by atoms with Crippen molar-refractivity contribution in [2.45, 2.75) is 18.6 Å². The Morgan fingerprint density at radius 2 is 2.04 bits per heavy atom. The van der Waals surface area contributed by atoms with Crippen LogP contribution in [0.1, 0.15) is 24.2 Å². The first-order valence-electron chi connectivity index (χ1n) is 7.18. The molecule has 1 amide bonds. The predicted molar refractivity (Wildman–Crippen MR) is 84.7 cm³/mol. The van der Waals surface area contributed by atoms with Crippen LogP contribution in [0.2, 0.25) is 5.02 Å². The fraction of sp³-hybridized carbons (Fsp3) is 0.235. The molecule has 0 aromatic heterocycles. The van der Waals surface area contributed by atoms with E-state index in [9.17, 15) is 18.7 Å². The average molecular weight is 354 g/mol. The number of hydrogen-bond acceptors (Lipinski definition) is 3. The Morgan fingerprint density at radius 1 is 1.33 bits per heavy atom. The van der Waals surface area contributed by atoms with Crippen molar-refractivity contribution in [2.75, 3.05) is 11.9 Å². The molecule has 0 radical (unpaired) electrons. The Bertz CT molecular complexity index is 808. The summed E-state index contributed by atoms with van der Waals surface area (Å²) >= 11 is 6.17. The lowest BCUT2D eigenvalue weighted by atomic mass is 9.89. The van der Waals surface area contributed by atoms with E-state index in [2.05, 4.69) is 5.32 Å². The number of aliphatic hydroxyl groups excluding tert-OH is 1. The lowest BCUT2D eigenvalue weighted by Gasteiger charge is -2.22. The standard InChI is InChI=1S/C17H14ClF2NO3/c1-9(22)21-11-3-4-12(14(18)7-11)16(23)17(8-24-17)13-5-2-10(19)6-15(13)20/h2-7,16,23H,8H2,1H3,(H,21,22). The maximum absolute atomic E-state index is 14.1. The van der Waals surface area contributed by atoms with Gasteiger partial charge in [0.05, 0.1) is 6.61 Å². The number of epoxide rings is 1. The molecule has 24 heavy (non-hydrogen) atoms. The van der Waals surface area contributed by atoms with Crippen molar-refractivity contribution in [3.05, 3.63) is 64.2 Å². The second-order valence-electron chi connectivity index (χ2n) is 5.62. The maximum atomic E-state index is 14.1. The van der Waals surface area contributed by atoms with Crippen LogP contribution in [0, 0.1) is 11.6 Å². The predicted octanol–water partition coefficient (Wildman–Crippen LogP) is 3.54. The molecule has 1 saturated heterocycles. The van der Waals surface area contributed by atoms with Gasteiger partial charge in [-0.2, -0.15) is 0 Å². The Hall–Kier alpha value is -2.02. The lowest BCUT2D eigenvalue weighted by Crippen LogP contribution is -2.22. The van der Waals surface area contributed by atoms with Crippen molar-refractivity contribution in [3.63, 3.8) is 0 Å². The smallest absolute Gasteiger partial charge is 0.221 e. The SMILES string of the molecule is CC(=O)Nc1ccc(C(O)C2(c3ccc(F)cc3F)CO2)c(Cl)c1. The molecule has 2 atom stereocenters. The molecule has 2 unspecified atom stereocenters. The number of nitrogens with one attached hydrogen (secondary N) is 1. The number of amides is 1. The van der Waals surface area contributed by atoms with Gasteiger partial charge in [-0.05, 0) is 18.2 Å². The van der Waals surface area contributed by atoms with Gasteiger partial charge in [-0.3, -0.25) is 4.79 Å². The number of halogens is 3. The van der Waals surface area contributed by atoms with Crippen LogP contribution in [0.3, 0.4) is 0 Å². The van der Waals surface area contributed by atoms with Crippen molar-refractivity contribution < 1.29 is 23.4 Å². The van der Waals surface area contributed by atoms with Gasteiger partial charge in [0.25, 0.3) is 0 Å². The van der Waals surface area contributed by atoms with Crippen molar-refractivity contribution in [3.8, 4) is 0 Å². The van der Waals surface area contributed by atoms with Gasteiger partial charge < -0.3 is 15.2 Å². The molecule has 1 fully saturated rings. The van der Waals surface area contributed by atoms with E-state index in [1.165, 1.54) is 25.1 Å². The summed E-state index contributed by atoms with van der Waals surface area (Å²) in [5.74, 6) is -1.76. The number of rotatable bonds is 4. The van der Waals surface area contributed by atoms with E-state index in [4.69, 9.17) is 16.3 Å². The average Bonchev–Trinajstić information content (AvgIpc) is 3.27. The first-order chi connectivity index (χ1) is 11.3. The molecule has 126 valence electrons. The van der Waals surface area contributed by atoms with Crippen molar-refractivity contribution in [1.82, 2.24) is 0 Å². The fourth-order valence-electron chi connectivity index (χ4n) is 2.65. The second-order valence-corrected chi connectivity index (χ2v) is 6.03. The maximum Gasteiger partial charge on any atom is 0.221 e. The summed E-state index contributed by atoms with van der Waals surface area (Å²) in [4.78, 5) is 11.1. The van der Waals surface area contributed by atoms with Gasteiger partial charge in [0.15, 0.2) is 0 Å². The molecule has 2 N–H and O–H groups in total. The van der Waals surface area contributed by atoms with Gasteiger partial charge in [-0.25, -0.2) is 8.78 Å². The van der Waals surface area contributed by atoms with E-state index in [0.717, 1.165) is 12.1 Å². The van der Waals surface area contributed by atoms with Gasteiger partial charge in [-0.15, -0.1) is 0 Å². The number of carbonyl (C=O) groups is 1. The molecule has 4 nitrogen and oxygen atoms in total. The van der Waals surface area contributed by atoms with Crippen LogP contribution in [0.25, 0.3) is 0 Å². The van der Waals surface area contributed by atoms with E-state index in [-0.39, 0.29) is 23.1 Å². The highest BCUT2D eigenvalue weighted by atomic mass is 35.5. The summed E-state index contributed by atoms with van der Waals surface area (Å²) in [5, 5.41) is 13.4. The minimum atomic E-state index is -1.29. The first-order valence-corrected chi connectivity index (χ1v) is 7.56. The highest BCUT2D eigenvalue weighted by molar-refractivity contribution is 6.31. The van der Waals surface area contributed by atoms with Gasteiger partial charge in [0.1, 0.15) is 23.3 Å². The zero-order chi connectivity index (χ0) is 17.5. The zero-order valence-corrected chi connectivity index (χ0v) is 13.4. The summed E-state index contributed by atoms with van der Waals surface area (Å²) in [6, 6.07) is 7.69. The Balaban J connectivity index is 1.94. The summed E-state index contributed by atoms with van der Waals surface area (Å²) < 4.78 is 32.5. The van der Waals surface area contributed by atoms with Gasteiger partial charge in [-0.1, -0.05) is 23.7 Å². The van der Waals surface area contributed by atoms with Crippen molar-refractivity contribution in [2.24, 2.45) is 0 Å². The number of hydrogen-bond donors (Lipinski definition) is 2. The number of ether oxygens (including phenoxy) is 1. The van der Waals surface area contributed by atoms with Crippen LogP contribution in [0.4, 0.5) is 14.5 Å². The minimum Gasteiger partial charge on any atom is -0.385 e. The Labute approximate surface area is 142 Å². The monoisotopic (exact) mass is 353 g/mol. The first kappa shape index (κ1) is 16.8. The molecule has 0 aliphatic carbocycles. The Kier molecular flexibility index (Phi) is 4.29. The summed E-state index contributed by atoms with van der Waals surface area (Å²) in [5.41, 5.74) is -0.427. The van der Waals surface area contributed by atoms with Crippen LogP contribution in [-0.4, -0.2) is 17.6 Å². The molecule has 3 rings (SSSR count). The van der Waals surface area contributed by atoms with Gasteiger partial charge in [0.2, 0.25) is 5.91 Å². The third-order valence-corrected chi connectivity index (χ3v) is 4.23. The molecule has 0 bridgehead atoms. The molecule has 1 aliphatic heterocycles. The van der Waals surface area contributed by atoms with Gasteiger partial charge in [0, 0.05) is 34.8 Å². The normalized spacial score (nSPS) is 20.5. The van der Waals surface area contributed by atoms with Crippen LogP contribution in [-0.2, 0) is 15.1 Å². The van der Waals surface area contributed by atoms with Crippen LogP contribution in [0.5, 0.6) is 0 Å². The molecule has 0 saturated carbocycles. The quantitative estimate of drug-likeness (QED) is 0.826. The molecular weight excluding hydrogens is 340 g/mol. The molecule has 2 aromatic carbocycles. The largest absolute Gasteiger partial charge is 0.385 e. The highest BCUT2D eigenvalue weighted by Crippen LogP contribution is 2.51. The van der Waals surface area contributed by atoms with E-state index < -0.39 is 23.3 Å². The van der Waals surface area contributed by atoms with E-state index >= 15 is 0 Å². The van der Waals surface area contributed by atoms with Crippen LogP contribution < -0.4 is 5.32 Å². The molecule has 7 heteroatoms. The second kappa shape index (κ2) is 6.12. The van der Waals surface area contributed by atoms with Crippen molar-refractivity contribution in [1.29, 1.82) is 0 Å². The lowest BCUT2D eigenvalue weighted by molar-refractivity contribution is -0.114. The molecule has 2 aromatic rings. The molecule has 1 aliphatic rings. The van der Waals surface area contributed by atoms with E-state index in [0.29, 0.717) is 11.3 Å². The van der Waals surface area contributed by atoms with Crippen LogP contribution in [0.15, 0.2) is 36.4 Å². The molecule has 1 heterocycles. The highest BCUT2D eigenvalue weighted by Gasteiger charge is 2.55. The van der Waals surface area contributed by atoms with E-state index in [1.807, 2.05) is 0 Å². The summed E-state index contributed by atoms with van der Waals surface area (Å²) in [7, 11) is 0. The van der Waals surface area contributed by atoms with E-state index in [1.54, 1.807) is 6.07 Å². The van der Waals surface area contributed by atoms with Crippen LogP contribution >= 0.6 is 11.6 Å².